The van der Waals surface area contributed by atoms with E-state index < -0.39 is 69.3 Å². The fourth-order valence-corrected chi connectivity index (χ4v) is 2.44. The first-order chi connectivity index (χ1) is 16.1. The van der Waals surface area contributed by atoms with E-state index in [0.717, 1.165) is 12.1 Å². The molecule has 34 heavy (non-hydrogen) atoms. The highest BCUT2D eigenvalue weighted by atomic mass is 19.2. The lowest BCUT2D eigenvalue weighted by molar-refractivity contribution is 0.404. The highest BCUT2D eigenvalue weighted by Crippen LogP contribution is 2.20. The summed E-state index contributed by atoms with van der Waals surface area (Å²) in [7, 11) is 0. The van der Waals surface area contributed by atoms with Crippen LogP contribution in [-0.4, -0.2) is 9.97 Å². The van der Waals surface area contributed by atoms with Crippen LogP contribution in [0.5, 0.6) is 0 Å². The molecule has 0 saturated heterocycles. The van der Waals surface area contributed by atoms with Crippen molar-refractivity contribution in [1.29, 1.82) is 10.5 Å². The Morgan fingerprint density at radius 1 is 0.471 bits per heavy atom. The summed E-state index contributed by atoms with van der Waals surface area (Å²) in [4.78, 5) is 4.72. The Balaban J connectivity index is 2.27. The third-order valence-corrected chi connectivity index (χ3v) is 4.04. The van der Waals surface area contributed by atoms with Crippen molar-refractivity contribution in [3.05, 3.63) is 92.6 Å². The third-order valence-electron chi connectivity index (χ3n) is 4.04. The summed E-state index contributed by atoms with van der Waals surface area (Å²) in [6, 6.07) is 5.01. The molecule has 0 aliphatic heterocycles. The monoisotopic (exact) mass is 474 g/mol. The number of nitriles is 2. The smallest absolute Gasteiger partial charge is 0.200 e. The van der Waals surface area contributed by atoms with E-state index in [9.17, 15) is 35.1 Å². The van der Waals surface area contributed by atoms with Crippen LogP contribution >= 0.6 is 0 Å². The van der Waals surface area contributed by atoms with Crippen LogP contribution in [0.2, 0.25) is 0 Å². The van der Waals surface area contributed by atoms with E-state index in [0.29, 0.717) is 0 Å². The van der Waals surface area contributed by atoms with Gasteiger partial charge in [-0.15, -0.1) is 0 Å². The van der Waals surface area contributed by atoms with Gasteiger partial charge in [-0.1, -0.05) is 23.7 Å². The van der Waals surface area contributed by atoms with E-state index in [-0.39, 0.29) is 11.1 Å². The van der Waals surface area contributed by atoms with Crippen LogP contribution in [-0.2, 0) is 0 Å². The molecule has 0 radical (unpaired) electrons. The van der Waals surface area contributed by atoms with Gasteiger partial charge in [-0.25, -0.2) is 17.6 Å². The molecule has 0 unspecified atom stereocenters. The topological polar surface area (TPSA) is 73.4 Å². The van der Waals surface area contributed by atoms with Gasteiger partial charge in [-0.2, -0.15) is 38.1 Å². The van der Waals surface area contributed by atoms with E-state index >= 15 is 0 Å². The first-order valence-electron chi connectivity index (χ1n) is 8.51. The van der Waals surface area contributed by atoms with Crippen LogP contribution in [0.25, 0.3) is 0 Å². The predicted octanol–water partition coefficient (Wildman–Crippen LogP) is 4.13. The van der Waals surface area contributed by atoms with Crippen LogP contribution < -0.4 is 0 Å². The molecule has 12 heteroatoms. The van der Waals surface area contributed by atoms with E-state index in [1.165, 1.54) is 0 Å². The Morgan fingerprint density at radius 3 is 1.03 bits per heavy atom. The molecule has 0 fully saturated rings. The Bertz CT molecular complexity index is 1410. The molecule has 166 valence electrons. The number of rotatable bonds is 0. The molecule has 2 heterocycles. The van der Waals surface area contributed by atoms with Gasteiger partial charge in [0.2, 0.25) is 0 Å². The zero-order chi connectivity index (χ0) is 25.2. The molecule has 0 aliphatic rings. The number of halogens is 8. The van der Waals surface area contributed by atoms with Gasteiger partial charge in [-0.3, -0.25) is 0 Å². The van der Waals surface area contributed by atoms with E-state index in [4.69, 9.17) is 10.5 Å². The molecule has 3 rings (SSSR count). The lowest BCUT2D eigenvalue weighted by Gasteiger charge is -2.02. The predicted molar refractivity (Wildman–Crippen MR) is 96.0 cm³/mol. The molecule has 0 bridgehead atoms. The number of hydrogen-bond acceptors (Lipinski definition) is 4. The van der Waals surface area contributed by atoms with Gasteiger partial charge in [0.05, 0.1) is 11.1 Å². The second-order valence-corrected chi connectivity index (χ2v) is 6.06. The number of nitrogens with zero attached hydrogens (tertiary/aromatic N) is 4. The Hall–Kier alpha value is -4.94. The van der Waals surface area contributed by atoms with E-state index in [1.54, 1.807) is 24.0 Å². The highest BCUT2D eigenvalue weighted by Gasteiger charge is 2.20. The van der Waals surface area contributed by atoms with Gasteiger partial charge in [0.25, 0.3) is 23.8 Å². The Kier molecular flexibility index (Phi) is 6.47. The number of pyridine rings is 2. The van der Waals surface area contributed by atoms with Crippen LogP contribution in [0.3, 0.4) is 0 Å². The van der Waals surface area contributed by atoms with Gasteiger partial charge in [-0.05, 0) is 12.1 Å². The molecule has 0 atom stereocenters. The molecule has 2 aromatic heterocycles. The molecule has 0 spiro atoms. The first-order valence-corrected chi connectivity index (χ1v) is 8.51. The first kappa shape index (κ1) is 23.7. The molecule has 0 aliphatic carbocycles. The minimum Gasteiger partial charge on any atom is -0.200 e. The zero-order valence-corrected chi connectivity index (χ0v) is 16.0. The van der Waals surface area contributed by atoms with Gasteiger partial charge in [0.1, 0.15) is 23.3 Å². The lowest BCUT2D eigenvalue weighted by Crippen LogP contribution is -2.04. The maximum absolute atomic E-state index is 13.8. The third kappa shape index (κ3) is 4.34. The normalized spacial score (nSPS) is 9.82. The summed E-state index contributed by atoms with van der Waals surface area (Å²) in [6.45, 7) is 0. The van der Waals surface area contributed by atoms with Crippen molar-refractivity contribution in [2.24, 2.45) is 0 Å². The fourth-order valence-electron chi connectivity index (χ4n) is 2.44. The van der Waals surface area contributed by atoms with Crippen molar-refractivity contribution in [3.63, 3.8) is 0 Å². The van der Waals surface area contributed by atoms with Crippen molar-refractivity contribution >= 4 is 0 Å². The second-order valence-electron chi connectivity index (χ2n) is 6.06. The molecule has 1 aromatic carbocycles. The molecule has 4 nitrogen and oxygen atoms in total. The van der Waals surface area contributed by atoms with E-state index in [1.807, 2.05) is 0 Å². The van der Waals surface area contributed by atoms with Crippen LogP contribution in [0.15, 0.2) is 12.1 Å². The fraction of sp³-hybridized carbons (Fsp3) is 0. The minimum atomic E-state index is -1.99. The molecule has 0 amide bonds. The summed E-state index contributed by atoms with van der Waals surface area (Å²) < 4.78 is 108. The largest absolute Gasteiger partial charge is 0.253 e. The maximum Gasteiger partial charge on any atom is 0.253 e. The number of benzene rings is 1. The van der Waals surface area contributed by atoms with Crippen molar-refractivity contribution in [2.45, 2.75) is 0 Å². The second kappa shape index (κ2) is 9.28. The molecular weight excluding hydrogens is 472 g/mol. The summed E-state index contributed by atoms with van der Waals surface area (Å²) in [6.07, 6.45) is 0. The standard InChI is InChI=1S/C22H2F8N4/c23-15-13(16(24)20(28)33-19(15)27)3-1-9-5-11(7-31)12(8-32)6-10(9)2-4-14-17(25)21(29)34-22(30)18(14)26/h5-6H. The highest BCUT2D eigenvalue weighted by molar-refractivity contribution is 5.61. The average molecular weight is 474 g/mol. The van der Waals surface area contributed by atoms with Crippen LogP contribution in [0.4, 0.5) is 35.1 Å². The summed E-state index contributed by atoms with van der Waals surface area (Å²) in [5, 5.41) is 18.3. The summed E-state index contributed by atoms with van der Waals surface area (Å²) >= 11 is 0. The summed E-state index contributed by atoms with van der Waals surface area (Å²) in [5.74, 6) is -7.96. The Labute approximate surface area is 184 Å². The number of aromatic nitrogens is 2. The average Bonchev–Trinajstić information content (AvgIpc) is 2.81. The van der Waals surface area contributed by atoms with E-state index in [2.05, 4.69) is 21.8 Å². The molecular formula is C22H2F8N4. The van der Waals surface area contributed by atoms with Crippen LogP contribution in [0, 0.1) is 93.4 Å². The zero-order valence-electron chi connectivity index (χ0n) is 16.0. The molecule has 0 saturated carbocycles. The SMILES string of the molecule is N#Cc1cc(C#Cc2c(F)c(F)nc(F)c2F)c(C#Cc2c(F)c(F)nc(F)c2F)cc1C#N. The maximum atomic E-state index is 13.8. The van der Waals surface area contributed by atoms with Gasteiger partial charge < -0.3 is 0 Å². The quantitative estimate of drug-likeness (QED) is 0.279. The molecule has 0 N–H and O–H groups in total. The van der Waals surface area contributed by atoms with Crippen molar-refractivity contribution in [3.8, 4) is 35.8 Å². The van der Waals surface area contributed by atoms with Crippen LogP contribution in [0.1, 0.15) is 33.4 Å². The molecule has 3 aromatic rings. The Morgan fingerprint density at radius 2 is 0.765 bits per heavy atom. The summed E-state index contributed by atoms with van der Waals surface area (Å²) in [5.41, 5.74) is -4.16. The van der Waals surface area contributed by atoms with Crippen molar-refractivity contribution in [2.75, 3.05) is 0 Å². The van der Waals surface area contributed by atoms with Gasteiger partial charge in [0, 0.05) is 11.1 Å². The van der Waals surface area contributed by atoms with Gasteiger partial charge in [0.15, 0.2) is 23.3 Å². The van der Waals surface area contributed by atoms with Crippen molar-refractivity contribution in [1.82, 2.24) is 9.97 Å². The minimum absolute atomic E-state index is 0.316. The van der Waals surface area contributed by atoms with Crippen molar-refractivity contribution < 1.29 is 35.1 Å². The lowest BCUT2D eigenvalue weighted by atomic mass is 9.99. The number of hydrogen-bond donors (Lipinski definition) is 0. The van der Waals surface area contributed by atoms with Gasteiger partial charge >= 0.3 is 0 Å².